The van der Waals surface area contributed by atoms with Crippen molar-refractivity contribution >= 4 is 18.0 Å². The molecular weight excluding hydrogens is 438 g/mol. The van der Waals surface area contributed by atoms with Crippen LogP contribution in [0.2, 0.25) is 0 Å². The Morgan fingerprint density at radius 1 is 1.06 bits per heavy atom. The van der Waals surface area contributed by atoms with Crippen molar-refractivity contribution in [3.63, 3.8) is 0 Å². The van der Waals surface area contributed by atoms with Gasteiger partial charge in [-0.3, -0.25) is 9.69 Å². The molecule has 190 valence electrons. The zero-order chi connectivity index (χ0) is 25.2. The maximum absolute atomic E-state index is 12.6. The summed E-state index contributed by atoms with van der Waals surface area (Å²) in [4.78, 5) is 53.8. The van der Waals surface area contributed by atoms with E-state index >= 15 is 0 Å². The summed E-state index contributed by atoms with van der Waals surface area (Å²) in [7, 11) is 0. The van der Waals surface area contributed by atoms with E-state index in [-0.39, 0.29) is 19.4 Å². The molecule has 1 amide bonds. The molecule has 1 fully saturated rings. The van der Waals surface area contributed by atoms with Crippen molar-refractivity contribution in [3.05, 3.63) is 10.1 Å². The molecule has 0 unspecified atom stereocenters. The summed E-state index contributed by atoms with van der Waals surface area (Å²) in [6.07, 6.45) is -0.287. The standard InChI is InChI=1S/C21H37N3O9/c1-20(2,3)31-17(25)8-7-16(22-19(27)32-21(4,5)6)18(26)30-14-13-23-11-9-15(10-12-23)33-24(28)29/h15-16H,7-14H2,1-6H3,(H,22,27)/t16-/m0/s1. The van der Waals surface area contributed by atoms with Crippen LogP contribution in [0.4, 0.5) is 4.79 Å². The minimum atomic E-state index is -1.08. The largest absolute Gasteiger partial charge is 0.463 e. The summed E-state index contributed by atoms with van der Waals surface area (Å²) in [5, 5.41) is 12.1. The van der Waals surface area contributed by atoms with E-state index in [1.54, 1.807) is 41.5 Å². The van der Waals surface area contributed by atoms with Crippen molar-refractivity contribution in [3.8, 4) is 0 Å². The Bertz CT molecular complexity index is 677. The number of carbonyl (C=O) groups excluding carboxylic acids is 3. The lowest BCUT2D eigenvalue weighted by Gasteiger charge is -2.30. The summed E-state index contributed by atoms with van der Waals surface area (Å²) in [6, 6.07) is -1.08. The maximum Gasteiger partial charge on any atom is 0.408 e. The SMILES string of the molecule is CC(C)(C)OC(=O)CC[C@H](NC(=O)OC(C)(C)C)C(=O)OCCN1CCC(O[N+](=O)[O-])CC1. The zero-order valence-electron chi connectivity index (χ0n) is 20.4. The second-order valence-electron chi connectivity index (χ2n) is 9.86. The summed E-state index contributed by atoms with van der Waals surface area (Å²) >= 11 is 0. The molecular formula is C21H37N3O9. The van der Waals surface area contributed by atoms with E-state index in [1.165, 1.54) is 0 Å². The number of nitrogens with one attached hydrogen (secondary N) is 1. The molecule has 0 aromatic carbocycles. The molecule has 0 bridgehead atoms. The van der Waals surface area contributed by atoms with Gasteiger partial charge in [-0.05, 0) is 60.8 Å². The second kappa shape index (κ2) is 12.6. The average Bonchev–Trinajstić information content (AvgIpc) is 2.63. The van der Waals surface area contributed by atoms with Crippen LogP contribution in [0.15, 0.2) is 0 Å². The van der Waals surface area contributed by atoms with Crippen molar-refractivity contribution in [2.45, 2.75) is 90.6 Å². The number of alkyl carbamates (subject to hydrolysis) is 1. The van der Waals surface area contributed by atoms with Gasteiger partial charge in [0.05, 0.1) is 0 Å². The minimum Gasteiger partial charge on any atom is -0.463 e. The third-order valence-electron chi connectivity index (χ3n) is 4.45. The molecule has 0 saturated carbocycles. The molecule has 12 heteroatoms. The number of hydrogen-bond donors (Lipinski definition) is 1. The Balaban J connectivity index is 2.55. The summed E-state index contributed by atoms with van der Waals surface area (Å²) in [5.74, 6) is -1.18. The van der Waals surface area contributed by atoms with E-state index in [9.17, 15) is 24.5 Å². The highest BCUT2D eigenvalue weighted by Gasteiger charge is 2.28. The van der Waals surface area contributed by atoms with Crippen molar-refractivity contribution in [2.24, 2.45) is 0 Å². The smallest absolute Gasteiger partial charge is 0.408 e. The van der Waals surface area contributed by atoms with Crippen molar-refractivity contribution < 1.29 is 38.5 Å². The summed E-state index contributed by atoms with van der Waals surface area (Å²) < 4.78 is 15.8. The number of piperidine rings is 1. The van der Waals surface area contributed by atoms with Crippen LogP contribution in [0, 0.1) is 10.1 Å². The molecule has 1 aliphatic heterocycles. The molecule has 0 aromatic rings. The fraction of sp³-hybridized carbons (Fsp3) is 0.857. The van der Waals surface area contributed by atoms with Gasteiger partial charge in [0.1, 0.15) is 30.0 Å². The number of likely N-dealkylation sites (tertiary alicyclic amines) is 1. The molecule has 1 heterocycles. The van der Waals surface area contributed by atoms with E-state index in [1.807, 2.05) is 4.90 Å². The van der Waals surface area contributed by atoms with Gasteiger partial charge in [0.2, 0.25) is 0 Å². The third kappa shape index (κ3) is 13.5. The molecule has 0 spiro atoms. The first-order valence-electron chi connectivity index (χ1n) is 11.1. The number of esters is 2. The van der Waals surface area contributed by atoms with Gasteiger partial charge in [0, 0.05) is 26.1 Å². The topological polar surface area (TPSA) is 147 Å². The van der Waals surface area contributed by atoms with Gasteiger partial charge in [-0.2, -0.15) is 0 Å². The lowest BCUT2D eigenvalue weighted by molar-refractivity contribution is -0.769. The first-order chi connectivity index (χ1) is 15.1. The molecule has 1 N–H and O–H groups in total. The Morgan fingerprint density at radius 2 is 1.64 bits per heavy atom. The molecule has 1 aliphatic rings. The Labute approximate surface area is 194 Å². The molecule has 12 nitrogen and oxygen atoms in total. The van der Waals surface area contributed by atoms with E-state index < -0.39 is 46.5 Å². The van der Waals surface area contributed by atoms with E-state index in [4.69, 9.17) is 14.2 Å². The molecule has 0 aliphatic carbocycles. The lowest BCUT2D eigenvalue weighted by atomic mass is 10.1. The fourth-order valence-corrected chi connectivity index (χ4v) is 3.09. The van der Waals surface area contributed by atoms with E-state index in [2.05, 4.69) is 10.2 Å². The zero-order valence-corrected chi connectivity index (χ0v) is 20.4. The summed E-state index contributed by atoms with van der Waals surface area (Å²) in [5.41, 5.74) is -1.42. The first-order valence-corrected chi connectivity index (χ1v) is 11.1. The predicted octanol–water partition coefficient (Wildman–Crippen LogP) is 2.22. The third-order valence-corrected chi connectivity index (χ3v) is 4.45. The van der Waals surface area contributed by atoms with Crippen LogP contribution in [0.25, 0.3) is 0 Å². The lowest BCUT2D eigenvalue weighted by Crippen LogP contribution is -2.45. The highest BCUT2D eigenvalue weighted by molar-refractivity contribution is 5.82. The molecule has 33 heavy (non-hydrogen) atoms. The number of rotatable bonds is 10. The van der Waals surface area contributed by atoms with Crippen molar-refractivity contribution in [1.82, 2.24) is 10.2 Å². The Hall–Kier alpha value is -2.63. The molecule has 0 radical (unpaired) electrons. The normalized spacial score (nSPS) is 16.4. The maximum atomic E-state index is 12.6. The van der Waals surface area contributed by atoms with Crippen LogP contribution in [0.1, 0.15) is 67.2 Å². The minimum absolute atomic E-state index is 0.00336. The van der Waals surface area contributed by atoms with Crippen molar-refractivity contribution in [1.29, 1.82) is 0 Å². The average molecular weight is 476 g/mol. The van der Waals surface area contributed by atoms with Gasteiger partial charge in [-0.15, -0.1) is 10.1 Å². The first kappa shape index (κ1) is 28.4. The highest BCUT2D eigenvalue weighted by Crippen LogP contribution is 2.14. The van der Waals surface area contributed by atoms with Gasteiger partial charge >= 0.3 is 18.0 Å². The fourth-order valence-electron chi connectivity index (χ4n) is 3.09. The number of carbonyl (C=O) groups is 3. The van der Waals surface area contributed by atoms with Crippen LogP contribution >= 0.6 is 0 Å². The Morgan fingerprint density at radius 3 is 2.15 bits per heavy atom. The van der Waals surface area contributed by atoms with Gasteiger partial charge in [-0.25, -0.2) is 9.59 Å². The molecule has 1 rings (SSSR count). The highest BCUT2D eigenvalue weighted by atomic mass is 17.0. The van der Waals surface area contributed by atoms with Crippen LogP contribution in [0.3, 0.4) is 0 Å². The molecule has 1 saturated heterocycles. The number of nitrogens with zero attached hydrogens (tertiary/aromatic N) is 2. The van der Waals surface area contributed by atoms with Crippen LogP contribution < -0.4 is 5.32 Å². The number of ether oxygens (including phenoxy) is 3. The molecule has 0 aromatic heterocycles. The van der Waals surface area contributed by atoms with Crippen molar-refractivity contribution in [2.75, 3.05) is 26.2 Å². The molecule has 1 atom stereocenters. The number of hydrogen-bond acceptors (Lipinski definition) is 10. The second-order valence-corrected chi connectivity index (χ2v) is 9.86. The van der Waals surface area contributed by atoms with Crippen LogP contribution in [-0.4, -0.2) is 77.6 Å². The van der Waals surface area contributed by atoms with Gasteiger partial charge in [-0.1, -0.05) is 0 Å². The van der Waals surface area contributed by atoms with Gasteiger partial charge in [0.15, 0.2) is 0 Å². The van der Waals surface area contributed by atoms with E-state index in [0.29, 0.717) is 32.5 Å². The van der Waals surface area contributed by atoms with Crippen LogP contribution in [0.5, 0.6) is 0 Å². The summed E-state index contributed by atoms with van der Waals surface area (Å²) in [6.45, 7) is 12.0. The quantitative estimate of drug-likeness (QED) is 0.216. The monoisotopic (exact) mass is 475 g/mol. The Kier molecular flexibility index (Phi) is 10.8. The number of amides is 1. The van der Waals surface area contributed by atoms with E-state index in [0.717, 1.165) is 0 Å². The van der Waals surface area contributed by atoms with Gasteiger partial charge < -0.3 is 24.4 Å². The predicted molar refractivity (Wildman–Crippen MR) is 117 cm³/mol. The van der Waals surface area contributed by atoms with Crippen LogP contribution in [-0.2, 0) is 28.6 Å². The van der Waals surface area contributed by atoms with Gasteiger partial charge in [0.25, 0.3) is 5.09 Å².